The minimum atomic E-state index is -0.413. The van der Waals surface area contributed by atoms with Gasteiger partial charge in [0.2, 0.25) is 0 Å². The summed E-state index contributed by atoms with van der Waals surface area (Å²) < 4.78 is 5.68. The third kappa shape index (κ3) is 2.98. The van der Waals surface area contributed by atoms with Crippen LogP contribution in [-0.4, -0.2) is 70.3 Å². The third-order valence-electron chi connectivity index (χ3n) is 6.14. The van der Waals surface area contributed by atoms with E-state index in [9.17, 15) is 14.7 Å². The first-order chi connectivity index (χ1) is 12.3. The van der Waals surface area contributed by atoms with Crippen LogP contribution < -0.4 is 0 Å². The molecule has 2 heterocycles. The maximum absolute atomic E-state index is 13.0. The number of aliphatic hydroxyl groups is 2. The number of nitrogens with one attached hydrogen (secondary N) is 1. The molecule has 2 fully saturated rings. The van der Waals surface area contributed by atoms with Crippen molar-refractivity contribution in [3.8, 4) is 0 Å². The van der Waals surface area contributed by atoms with Crippen LogP contribution in [0.15, 0.2) is 0 Å². The number of nitrogens with zero attached hydrogens (tertiary/aromatic N) is 1. The van der Waals surface area contributed by atoms with Gasteiger partial charge in [0.1, 0.15) is 0 Å². The highest BCUT2D eigenvalue weighted by Crippen LogP contribution is 2.51. The molecule has 144 valence electrons. The summed E-state index contributed by atoms with van der Waals surface area (Å²) in [5, 5.41) is 19.3. The molecule has 1 aliphatic heterocycles. The number of H-pyrrole nitrogens is 1. The maximum Gasteiger partial charge on any atom is 0.255 e. The van der Waals surface area contributed by atoms with E-state index < -0.39 is 6.10 Å². The van der Waals surface area contributed by atoms with Gasteiger partial charge in [0, 0.05) is 37.5 Å². The van der Waals surface area contributed by atoms with Gasteiger partial charge in [-0.3, -0.25) is 9.59 Å². The fourth-order valence-electron chi connectivity index (χ4n) is 4.52. The number of carbonyl (C=O) groups excluding carboxylic acids is 2. The number of piperidine rings is 1. The van der Waals surface area contributed by atoms with Gasteiger partial charge in [-0.15, -0.1) is 0 Å². The highest BCUT2D eigenvalue weighted by Gasteiger charge is 2.56. The number of carbonyl (C=O) groups is 2. The summed E-state index contributed by atoms with van der Waals surface area (Å²) in [7, 11) is 0. The Bertz CT molecular complexity index is 703. The Morgan fingerprint density at radius 1 is 1.31 bits per heavy atom. The van der Waals surface area contributed by atoms with Crippen molar-refractivity contribution in [2.24, 2.45) is 5.41 Å². The van der Waals surface area contributed by atoms with Crippen LogP contribution in [0.2, 0.25) is 0 Å². The zero-order chi connectivity index (χ0) is 19.1. The second-order valence-electron chi connectivity index (χ2n) is 7.54. The number of hydrogen-bond donors (Lipinski definition) is 3. The van der Waals surface area contributed by atoms with Gasteiger partial charge < -0.3 is 24.8 Å². The lowest BCUT2D eigenvalue weighted by atomic mass is 9.58. The largest absolute Gasteiger partial charge is 0.394 e. The van der Waals surface area contributed by atoms with Crippen molar-refractivity contribution in [3.05, 3.63) is 22.5 Å². The maximum atomic E-state index is 13.0. The average Bonchev–Trinajstić information content (AvgIpc) is 2.92. The normalized spacial score (nSPS) is 24.6. The van der Waals surface area contributed by atoms with Gasteiger partial charge in [0.05, 0.1) is 36.7 Å². The molecule has 26 heavy (non-hydrogen) atoms. The van der Waals surface area contributed by atoms with Gasteiger partial charge in [-0.05, 0) is 32.3 Å². The number of amides is 1. The molecule has 3 N–H and O–H groups in total. The van der Waals surface area contributed by atoms with E-state index in [1.165, 1.54) is 6.92 Å². The molecule has 7 heteroatoms. The third-order valence-corrected chi connectivity index (χ3v) is 6.14. The lowest BCUT2D eigenvalue weighted by Crippen LogP contribution is -2.62. The topological polar surface area (TPSA) is 103 Å². The molecular weight excluding hydrogens is 336 g/mol. The molecule has 7 nitrogen and oxygen atoms in total. The quantitative estimate of drug-likeness (QED) is 0.681. The van der Waals surface area contributed by atoms with Crippen molar-refractivity contribution in [3.63, 3.8) is 0 Å². The van der Waals surface area contributed by atoms with Gasteiger partial charge in [-0.2, -0.15) is 0 Å². The van der Waals surface area contributed by atoms with E-state index in [-0.39, 0.29) is 36.4 Å². The SMILES string of the molecule is CC(=O)c1[nH]c(C)c(C(=O)N2CCC3(CC2)[C@H](O)C[C@@H]3OCCO)c1C. The van der Waals surface area contributed by atoms with Crippen LogP contribution in [0.25, 0.3) is 0 Å². The minimum Gasteiger partial charge on any atom is -0.394 e. The van der Waals surface area contributed by atoms with Crippen LogP contribution in [0.3, 0.4) is 0 Å². The monoisotopic (exact) mass is 364 g/mol. The summed E-state index contributed by atoms with van der Waals surface area (Å²) in [5.41, 5.74) is 2.18. The number of likely N-dealkylation sites (tertiary alicyclic amines) is 1. The molecular formula is C19H28N2O5. The number of ketones is 1. The van der Waals surface area contributed by atoms with Crippen molar-refractivity contribution >= 4 is 11.7 Å². The first-order valence-corrected chi connectivity index (χ1v) is 9.21. The van der Waals surface area contributed by atoms with E-state index >= 15 is 0 Å². The van der Waals surface area contributed by atoms with Crippen molar-refractivity contribution < 1.29 is 24.5 Å². The Morgan fingerprint density at radius 3 is 2.46 bits per heavy atom. The van der Waals surface area contributed by atoms with E-state index in [0.717, 1.165) is 0 Å². The number of hydrogen-bond acceptors (Lipinski definition) is 5. The first kappa shape index (κ1) is 19.1. The molecule has 2 aliphatic rings. The van der Waals surface area contributed by atoms with Gasteiger partial charge >= 0.3 is 0 Å². The van der Waals surface area contributed by atoms with Crippen molar-refractivity contribution in [2.75, 3.05) is 26.3 Å². The van der Waals surface area contributed by atoms with Crippen LogP contribution in [0.5, 0.6) is 0 Å². The van der Waals surface area contributed by atoms with Gasteiger partial charge in [-0.1, -0.05) is 0 Å². The van der Waals surface area contributed by atoms with E-state index in [0.29, 0.717) is 54.9 Å². The van der Waals surface area contributed by atoms with Crippen LogP contribution in [-0.2, 0) is 4.74 Å². The van der Waals surface area contributed by atoms with Gasteiger partial charge in [-0.25, -0.2) is 0 Å². The standard InChI is InChI=1S/C19H28N2O5/c1-11-16(12(2)20-17(11)13(3)23)18(25)21-6-4-19(5-7-21)14(24)10-15(19)26-9-8-22/h14-15,20,22,24H,4-10H2,1-3H3/t14-,15+/m1/s1. The Hall–Kier alpha value is -1.70. The molecule has 1 saturated carbocycles. The Balaban J connectivity index is 1.71. The highest BCUT2D eigenvalue weighted by molar-refractivity contribution is 6.02. The molecule has 0 bridgehead atoms. The molecule has 1 amide bonds. The zero-order valence-corrected chi connectivity index (χ0v) is 15.7. The van der Waals surface area contributed by atoms with E-state index in [1.54, 1.807) is 11.8 Å². The second kappa shape index (κ2) is 7.13. The number of Topliss-reactive ketones (excluding diaryl/α,β-unsaturated/α-hetero) is 1. The van der Waals surface area contributed by atoms with Crippen LogP contribution >= 0.6 is 0 Å². The van der Waals surface area contributed by atoms with Crippen molar-refractivity contribution in [1.82, 2.24) is 9.88 Å². The lowest BCUT2D eigenvalue weighted by molar-refractivity contribution is -0.211. The summed E-state index contributed by atoms with van der Waals surface area (Å²) in [6.45, 7) is 6.44. The van der Waals surface area contributed by atoms with E-state index in [1.807, 2.05) is 6.92 Å². The number of aliphatic hydroxyl groups excluding tert-OH is 2. The molecule has 1 spiro atoms. The van der Waals surface area contributed by atoms with Crippen LogP contribution in [0, 0.1) is 19.3 Å². The minimum absolute atomic E-state index is 0.0299. The molecule has 3 rings (SSSR count). The Morgan fingerprint density at radius 2 is 1.96 bits per heavy atom. The number of aromatic nitrogens is 1. The van der Waals surface area contributed by atoms with Crippen LogP contribution in [0.1, 0.15) is 58.3 Å². The fraction of sp³-hybridized carbons (Fsp3) is 0.684. The summed E-state index contributed by atoms with van der Waals surface area (Å²) in [6.07, 6.45) is 1.48. The predicted molar refractivity (Wildman–Crippen MR) is 95.3 cm³/mol. The summed E-state index contributed by atoms with van der Waals surface area (Å²) in [6, 6.07) is 0. The van der Waals surface area contributed by atoms with Crippen LogP contribution in [0.4, 0.5) is 0 Å². The molecule has 1 aromatic heterocycles. The van der Waals surface area contributed by atoms with E-state index in [4.69, 9.17) is 9.84 Å². The molecule has 0 radical (unpaired) electrons. The fourth-order valence-corrected chi connectivity index (χ4v) is 4.52. The Labute approximate surface area is 153 Å². The number of aromatic amines is 1. The highest BCUT2D eigenvalue weighted by atomic mass is 16.5. The summed E-state index contributed by atoms with van der Waals surface area (Å²) >= 11 is 0. The van der Waals surface area contributed by atoms with Crippen molar-refractivity contribution in [1.29, 1.82) is 0 Å². The summed E-state index contributed by atoms with van der Waals surface area (Å²) in [4.78, 5) is 29.5. The first-order valence-electron chi connectivity index (χ1n) is 9.21. The number of ether oxygens (including phenoxy) is 1. The molecule has 1 saturated heterocycles. The molecule has 0 unspecified atom stereocenters. The molecule has 0 aromatic carbocycles. The smallest absolute Gasteiger partial charge is 0.255 e. The van der Waals surface area contributed by atoms with Crippen molar-refractivity contribution in [2.45, 2.75) is 52.2 Å². The predicted octanol–water partition coefficient (Wildman–Crippen LogP) is 1.20. The summed E-state index contributed by atoms with van der Waals surface area (Å²) in [5.74, 6) is -0.149. The Kier molecular flexibility index (Phi) is 5.23. The van der Waals surface area contributed by atoms with Gasteiger partial charge in [0.15, 0.2) is 5.78 Å². The molecule has 1 aliphatic carbocycles. The number of rotatable bonds is 5. The second-order valence-corrected chi connectivity index (χ2v) is 7.54. The van der Waals surface area contributed by atoms with Gasteiger partial charge in [0.25, 0.3) is 5.91 Å². The average molecular weight is 364 g/mol. The molecule has 1 aromatic rings. The zero-order valence-electron chi connectivity index (χ0n) is 15.7. The number of aryl methyl sites for hydroxylation is 1. The molecule has 2 atom stereocenters. The van der Waals surface area contributed by atoms with E-state index in [2.05, 4.69) is 4.98 Å². The lowest BCUT2D eigenvalue weighted by Gasteiger charge is -2.56.